The average molecular weight is 581 g/mol. The summed E-state index contributed by atoms with van der Waals surface area (Å²) in [5.74, 6) is 0.0286. The van der Waals surface area contributed by atoms with Crippen LogP contribution in [0.25, 0.3) is 0 Å². The van der Waals surface area contributed by atoms with E-state index in [4.69, 9.17) is 4.74 Å². The van der Waals surface area contributed by atoms with Crippen molar-refractivity contribution >= 4 is 5.97 Å². The monoisotopic (exact) mass is 581 g/mol. The van der Waals surface area contributed by atoms with Gasteiger partial charge in [0, 0.05) is 13.0 Å². The minimum absolute atomic E-state index is 0.0286. The zero-order chi connectivity index (χ0) is 30.1. The van der Waals surface area contributed by atoms with Crippen molar-refractivity contribution < 1.29 is 9.53 Å². The Balaban J connectivity index is 4.15. The summed E-state index contributed by atoms with van der Waals surface area (Å²) in [4.78, 5) is 25.7. The Kier molecular flexibility index (Phi) is 32.7. The molecule has 0 amide bonds. The lowest BCUT2D eigenvalue weighted by molar-refractivity contribution is -0.150. The van der Waals surface area contributed by atoms with Crippen LogP contribution in [-0.4, -0.2) is 43.2 Å². The molecule has 0 atom stereocenters. The molecule has 0 aliphatic carbocycles. The second kappa shape index (κ2) is 33.5. The van der Waals surface area contributed by atoms with Crippen LogP contribution in [0.3, 0.4) is 0 Å². The molecule has 0 fully saturated rings. The number of rotatable bonds is 34. The molecule has 0 radical (unpaired) electrons. The van der Waals surface area contributed by atoms with E-state index in [1.54, 1.807) is 0 Å². The number of hydrogen-bond acceptors (Lipinski definition) is 5. The first-order valence-electron chi connectivity index (χ1n) is 18.4. The summed E-state index contributed by atoms with van der Waals surface area (Å²) in [6, 6.07) is 0. The zero-order valence-corrected chi connectivity index (χ0v) is 28.1. The first kappa shape index (κ1) is 40.0. The average Bonchev–Trinajstić information content (AvgIpc) is 2.97. The molecule has 0 spiro atoms. The molecule has 0 rings (SSSR count). The van der Waals surface area contributed by atoms with Crippen molar-refractivity contribution in [1.29, 1.82) is 0 Å². The molecule has 5 heteroatoms. The summed E-state index contributed by atoms with van der Waals surface area (Å²) in [7, 11) is 0. The lowest BCUT2D eigenvalue weighted by atomic mass is 10.0. The molecule has 0 heterocycles. The van der Waals surface area contributed by atoms with Crippen molar-refractivity contribution in [3.8, 4) is 0 Å². The van der Waals surface area contributed by atoms with Crippen molar-refractivity contribution in [2.75, 3.05) is 26.2 Å². The molecule has 5 nitrogen and oxygen atoms in total. The van der Waals surface area contributed by atoms with E-state index in [2.05, 4.69) is 30.8 Å². The van der Waals surface area contributed by atoms with Gasteiger partial charge in [0.15, 0.2) is 0 Å². The predicted molar refractivity (Wildman–Crippen MR) is 179 cm³/mol. The SMILES string of the molecule is CCCCCCCCC(CCCCCCCC)OC(=O)CCCCCCCN(CCCCCCCC)CCCN=O. The Bertz CT molecular complexity index is 527. The normalized spacial score (nSPS) is 11.5. The van der Waals surface area contributed by atoms with E-state index >= 15 is 0 Å². The fourth-order valence-corrected chi connectivity index (χ4v) is 5.76. The van der Waals surface area contributed by atoms with Gasteiger partial charge in [-0.25, -0.2) is 0 Å². The van der Waals surface area contributed by atoms with Crippen molar-refractivity contribution in [2.45, 2.75) is 200 Å². The number of ether oxygens (including phenoxy) is 1. The minimum Gasteiger partial charge on any atom is -0.462 e. The lowest BCUT2D eigenvalue weighted by Crippen LogP contribution is -2.27. The molecule has 0 saturated carbocycles. The highest BCUT2D eigenvalue weighted by atomic mass is 16.5. The molecule has 0 aromatic heterocycles. The van der Waals surface area contributed by atoms with Crippen molar-refractivity contribution in [2.24, 2.45) is 5.18 Å². The van der Waals surface area contributed by atoms with Crippen LogP contribution in [0, 0.1) is 4.91 Å². The number of esters is 1. The van der Waals surface area contributed by atoms with Crippen LogP contribution in [0.15, 0.2) is 5.18 Å². The van der Waals surface area contributed by atoms with Gasteiger partial charge in [-0.15, -0.1) is 0 Å². The molecule has 0 bridgehead atoms. The summed E-state index contributed by atoms with van der Waals surface area (Å²) in [6.45, 7) is 10.5. The van der Waals surface area contributed by atoms with Crippen LogP contribution in [0.4, 0.5) is 0 Å². The van der Waals surface area contributed by atoms with E-state index in [0.29, 0.717) is 13.0 Å². The fraction of sp³-hybridized carbons (Fsp3) is 0.972. The Hall–Kier alpha value is -0.970. The van der Waals surface area contributed by atoms with Crippen molar-refractivity contribution in [3.05, 3.63) is 4.91 Å². The van der Waals surface area contributed by atoms with Crippen molar-refractivity contribution in [1.82, 2.24) is 4.90 Å². The number of carbonyl (C=O) groups excluding carboxylic acids is 1. The first-order valence-corrected chi connectivity index (χ1v) is 18.4. The minimum atomic E-state index is 0.0286. The van der Waals surface area contributed by atoms with Crippen LogP contribution in [0.1, 0.15) is 194 Å². The van der Waals surface area contributed by atoms with E-state index in [1.165, 1.54) is 135 Å². The molecule has 0 aliphatic heterocycles. The number of nitroso groups, excluding NO2 is 1. The molecule has 0 unspecified atom stereocenters. The van der Waals surface area contributed by atoms with Gasteiger partial charge in [0.25, 0.3) is 0 Å². The number of carbonyl (C=O) groups is 1. The van der Waals surface area contributed by atoms with Gasteiger partial charge in [-0.2, -0.15) is 4.91 Å². The molecule has 0 aromatic rings. The maximum Gasteiger partial charge on any atom is 0.306 e. The fourth-order valence-electron chi connectivity index (χ4n) is 5.76. The third-order valence-corrected chi connectivity index (χ3v) is 8.46. The van der Waals surface area contributed by atoms with Gasteiger partial charge in [0.2, 0.25) is 0 Å². The number of hydrogen-bond donors (Lipinski definition) is 0. The third-order valence-electron chi connectivity index (χ3n) is 8.46. The third kappa shape index (κ3) is 30.3. The summed E-state index contributed by atoms with van der Waals surface area (Å²) in [5, 5.41) is 3.04. The molecular formula is C36H72N2O3. The molecular weight excluding hydrogens is 508 g/mol. The van der Waals surface area contributed by atoms with Gasteiger partial charge in [-0.05, 0) is 64.5 Å². The highest BCUT2D eigenvalue weighted by Crippen LogP contribution is 2.18. The second-order valence-electron chi connectivity index (χ2n) is 12.6. The van der Waals surface area contributed by atoms with Gasteiger partial charge in [0.05, 0.1) is 6.54 Å². The van der Waals surface area contributed by atoms with Gasteiger partial charge < -0.3 is 9.64 Å². The van der Waals surface area contributed by atoms with E-state index in [9.17, 15) is 9.70 Å². The molecule has 0 N–H and O–H groups in total. The number of nitrogens with zero attached hydrogens (tertiary/aromatic N) is 2. The first-order chi connectivity index (χ1) is 20.2. The maximum absolute atomic E-state index is 12.6. The highest BCUT2D eigenvalue weighted by molar-refractivity contribution is 5.69. The molecule has 244 valence electrons. The highest BCUT2D eigenvalue weighted by Gasteiger charge is 2.14. The Morgan fingerprint density at radius 2 is 0.927 bits per heavy atom. The molecule has 0 aromatic carbocycles. The standard InChI is InChI=1S/C36H72N2O3/c1-4-7-10-13-17-22-28-35(29-23-18-14-11-8-5-2)41-36(39)30-24-19-16-21-26-33-38(34-27-31-37-40)32-25-20-15-12-9-6-3/h35H,4-34H2,1-3H3. The van der Waals surface area contributed by atoms with E-state index in [-0.39, 0.29) is 12.1 Å². The Labute approximate surface area is 256 Å². The Morgan fingerprint density at radius 3 is 1.39 bits per heavy atom. The predicted octanol–water partition coefficient (Wildman–Crippen LogP) is 11.6. The summed E-state index contributed by atoms with van der Waals surface area (Å²) in [5.41, 5.74) is 0. The van der Waals surface area contributed by atoms with Crippen LogP contribution >= 0.6 is 0 Å². The van der Waals surface area contributed by atoms with E-state index in [0.717, 1.165) is 51.7 Å². The molecule has 0 saturated heterocycles. The quantitative estimate of drug-likeness (QED) is 0.0431. The second-order valence-corrected chi connectivity index (χ2v) is 12.6. The van der Waals surface area contributed by atoms with Crippen LogP contribution < -0.4 is 0 Å². The zero-order valence-electron chi connectivity index (χ0n) is 28.1. The Morgan fingerprint density at radius 1 is 0.537 bits per heavy atom. The van der Waals surface area contributed by atoms with Gasteiger partial charge >= 0.3 is 5.97 Å². The van der Waals surface area contributed by atoms with Crippen LogP contribution in [0.2, 0.25) is 0 Å². The summed E-state index contributed by atoms with van der Waals surface area (Å²) < 4.78 is 6.00. The lowest BCUT2D eigenvalue weighted by Gasteiger charge is -2.22. The summed E-state index contributed by atoms with van der Waals surface area (Å²) >= 11 is 0. The smallest absolute Gasteiger partial charge is 0.306 e. The summed E-state index contributed by atoms with van der Waals surface area (Å²) in [6.07, 6.45) is 32.8. The maximum atomic E-state index is 12.6. The van der Waals surface area contributed by atoms with Crippen molar-refractivity contribution in [3.63, 3.8) is 0 Å². The van der Waals surface area contributed by atoms with E-state index < -0.39 is 0 Å². The largest absolute Gasteiger partial charge is 0.462 e. The van der Waals surface area contributed by atoms with Crippen LogP contribution in [0.5, 0.6) is 0 Å². The van der Waals surface area contributed by atoms with Gasteiger partial charge in [0.1, 0.15) is 6.10 Å². The van der Waals surface area contributed by atoms with Gasteiger partial charge in [-0.3, -0.25) is 4.79 Å². The number of unbranched alkanes of at least 4 members (excludes halogenated alkanes) is 19. The molecule has 0 aliphatic rings. The van der Waals surface area contributed by atoms with Gasteiger partial charge in [-0.1, -0.05) is 142 Å². The topological polar surface area (TPSA) is 59.0 Å². The van der Waals surface area contributed by atoms with E-state index in [1.807, 2.05) is 0 Å². The van der Waals surface area contributed by atoms with Crippen LogP contribution in [-0.2, 0) is 9.53 Å². The molecule has 41 heavy (non-hydrogen) atoms.